The number of carbonyl (C=O) groups is 1. The maximum absolute atomic E-state index is 10.2. The van der Waals surface area contributed by atoms with E-state index in [0.29, 0.717) is 6.54 Å². The van der Waals surface area contributed by atoms with Gasteiger partial charge >= 0.3 is 5.97 Å². The van der Waals surface area contributed by atoms with Crippen LogP contribution in [0.5, 0.6) is 0 Å². The summed E-state index contributed by atoms with van der Waals surface area (Å²) in [6, 6.07) is 0. The van der Waals surface area contributed by atoms with Gasteiger partial charge in [-0.15, -0.1) is 0 Å². The summed E-state index contributed by atoms with van der Waals surface area (Å²) in [7, 11) is 0. The Bertz CT molecular complexity index is 137. The van der Waals surface area contributed by atoms with Gasteiger partial charge in [0.05, 0.1) is 19.6 Å². The van der Waals surface area contributed by atoms with Crippen LogP contribution in [0.1, 0.15) is 6.42 Å². The molecule has 65 valence electrons. The van der Waals surface area contributed by atoms with E-state index in [1.54, 1.807) is 0 Å². The Hall–Kier alpha value is 1.03. The normalized spacial score (nSPS) is 18.3. The first kappa shape index (κ1) is 13.0. The third-order valence-electron chi connectivity index (χ3n) is 1.75. The number of aliphatic carboxylic acids is 1. The number of carboxylic acid groups (broad SMARTS) is 1. The van der Waals surface area contributed by atoms with Crippen molar-refractivity contribution in [1.29, 1.82) is 0 Å². The number of hydrogen-bond donors (Lipinski definition) is 1. The maximum Gasteiger partial charge on any atom is 0.304 e. The predicted molar refractivity (Wildman–Crippen MR) is 45.3 cm³/mol. The molecule has 1 aliphatic rings. The van der Waals surface area contributed by atoms with Gasteiger partial charge in [-0.25, -0.2) is 0 Å². The Balaban J connectivity index is 0.00000121. The minimum atomic E-state index is -0.725. The topological polar surface area (TPSA) is 49.8 Å². The molecule has 1 radical (unpaired) electrons. The van der Waals surface area contributed by atoms with Crippen molar-refractivity contribution < 1.29 is 14.6 Å². The molecule has 1 rings (SSSR count). The van der Waals surface area contributed by atoms with Crippen molar-refractivity contribution in [3.63, 3.8) is 0 Å². The first-order valence-corrected chi connectivity index (χ1v) is 3.81. The van der Waals surface area contributed by atoms with Gasteiger partial charge in [0, 0.05) is 71.0 Å². The van der Waals surface area contributed by atoms with Crippen molar-refractivity contribution in [2.45, 2.75) is 6.42 Å². The van der Waals surface area contributed by atoms with Gasteiger partial charge < -0.3 is 9.84 Å². The second-order valence-corrected chi connectivity index (χ2v) is 2.60. The zero-order valence-corrected chi connectivity index (χ0v) is 10.6. The Labute approximate surface area is 115 Å². The van der Waals surface area contributed by atoms with Crippen LogP contribution in [0.15, 0.2) is 0 Å². The molecule has 0 amide bonds. The summed E-state index contributed by atoms with van der Waals surface area (Å²) in [4.78, 5) is 12.3. The zero-order chi connectivity index (χ0) is 8.10. The Morgan fingerprint density at radius 3 is 2.50 bits per heavy atom. The fraction of sp³-hybridized carbons (Fsp3) is 0.857. The van der Waals surface area contributed by atoms with Gasteiger partial charge in [-0.1, -0.05) is 0 Å². The van der Waals surface area contributed by atoms with Crippen LogP contribution in [0.3, 0.4) is 0 Å². The van der Waals surface area contributed by atoms with Crippen LogP contribution >= 0.6 is 0 Å². The molecule has 4 nitrogen and oxygen atoms in total. The number of hydrogen-bond acceptors (Lipinski definition) is 3. The van der Waals surface area contributed by atoms with E-state index in [4.69, 9.17) is 9.84 Å². The molecule has 1 saturated heterocycles. The van der Waals surface area contributed by atoms with Crippen molar-refractivity contribution in [3.8, 4) is 0 Å². The molecule has 0 aromatic carbocycles. The summed E-state index contributed by atoms with van der Waals surface area (Å²) in [6.45, 7) is 3.86. The fourth-order valence-electron chi connectivity index (χ4n) is 1.08. The monoisotopic (exact) mass is 198 g/mol. The Morgan fingerprint density at radius 1 is 1.42 bits per heavy atom. The third kappa shape index (κ3) is 5.63. The summed E-state index contributed by atoms with van der Waals surface area (Å²) in [5, 5.41) is 8.39. The number of nitrogens with zero attached hydrogens (tertiary/aromatic N) is 1. The van der Waals surface area contributed by atoms with Crippen LogP contribution < -0.4 is 0 Å². The molecule has 0 bridgehead atoms. The van der Waals surface area contributed by atoms with E-state index in [1.165, 1.54) is 0 Å². The Kier molecular flexibility index (Phi) is 8.07. The molecule has 12 heavy (non-hydrogen) atoms. The van der Waals surface area contributed by atoms with E-state index < -0.39 is 5.97 Å². The van der Waals surface area contributed by atoms with E-state index in [9.17, 15) is 4.79 Å². The van der Waals surface area contributed by atoms with Gasteiger partial charge in [0.1, 0.15) is 0 Å². The van der Waals surface area contributed by atoms with Crippen molar-refractivity contribution in [3.05, 3.63) is 0 Å². The van der Waals surface area contributed by atoms with Gasteiger partial charge in [-0.3, -0.25) is 9.69 Å². The number of morpholine rings is 1. The van der Waals surface area contributed by atoms with Crippen LogP contribution in [-0.2, 0) is 9.53 Å². The summed E-state index contributed by atoms with van der Waals surface area (Å²) in [5.74, 6) is -0.725. The first-order valence-electron chi connectivity index (χ1n) is 3.81. The summed E-state index contributed by atoms with van der Waals surface area (Å²) >= 11 is 0. The van der Waals surface area contributed by atoms with E-state index in [1.807, 2.05) is 0 Å². The first-order chi connectivity index (χ1) is 5.29. The average Bonchev–Trinajstić information content (AvgIpc) is 2.03. The smallest absolute Gasteiger partial charge is 0.304 e. The van der Waals surface area contributed by atoms with Gasteiger partial charge in [-0.2, -0.15) is 0 Å². The minimum Gasteiger partial charge on any atom is -0.481 e. The molecule has 0 aromatic heterocycles. The Morgan fingerprint density at radius 2 is 2.00 bits per heavy atom. The van der Waals surface area contributed by atoms with E-state index in [2.05, 4.69) is 4.90 Å². The molecule has 0 aromatic rings. The van der Waals surface area contributed by atoms with E-state index in [0.717, 1.165) is 26.3 Å². The van der Waals surface area contributed by atoms with Crippen LogP contribution in [0.2, 0.25) is 0 Å². The van der Waals surface area contributed by atoms with Crippen LogP contribution in [0.4, 0.5) is 0 Å². The number of rotatable bonds is 3. The minimum absolute atomic E-state index is 0. The van der Waals surface area contributed by atoms with Gasteiger partial charge in [0.2, 0.25) is 0 Å². The molecule has 1 heterocycles. The third-order valence-corrected chi connectivity index (χ3v) is 1.75. The molecule has 1 aliphatic heterocycles. The maximum atomic E-state index is 10.2. The predicted octanol–water partition coefficient (Wildman–Crippen LogP) is -0.588. The van der Waals surface area contributed by atoms with Gasteiger partial charge in [0.25, 0.3) is 0 Å². The largest absolute Gasteiger partial charge is 0.481 e. The number of carboxylic acids is 1. The van der Waals surface area contributed by atoms with Crippen molar-refractivity contribution in [2.75, 3.05) is 32.8 Å². The molecule has 1 N–H and O–H groups in total. The molecular formula is C7H13KNO3. The van der Waals surface area contributed by atoms with Crippen LogP contribution in [-0.4, -0.2) is 100 Å². The molecular weight excluding hydrogens is 185 g/mol. The summed E-state index contributed by atoms with van der Waals surface area (Å²) in [5.41, 5.74) is 0. The summed E-state index contributed by atoms with van der Waals surface area (Å²) in [6.07, 6.45) is 0.236. The molecule has 0 spiro atoms. The second-order valence-electron chi connectivity index (χ2n) is 2.60. The van der Waals surface area contributed by atoms with Crippen LogP contribution in [0.25, 0.3) is 0 Å². The zero-order valence-electron chi connectivity index (χ0n) is 7.45. The fourth-order valence-corrected chi connectivity index (χ4v) is 1.08. The molecule has 0 unspecified atom stereocenters. The average molecular weight is 198 g/mol. The molecule has 0 saturated carbocycles. The molecule has 1 fully saturated rings. The number of ether oxygens (including phenoxy) is 1. The second kappa shape index (κ2) is 7.43. The molecule has 0 aliphatic carbocycles. The van der Waals surface area contributed by atoms with Crippen molar-refractivity contribution in [2.24, 2.45) is 0 Å². The SMILES string of the molecule is O=C(O)CCN1CCOCC1.[K]. The quantitative estimate of drug-likeness (QED) is 0.616. The van der Waals surface area contributed by atoms with E-state index in [-0.39, 0.29) is 57.8 Å². The molecule has 0 atom stereocenters. The van der Waals surface area contributed by atoms with Crippen molar-refractivity contribution in [1.82, 2.24) is 4.90 Å². The standard InChI is InChI=1S/C7H13NO3.K/c9-7(10)1-2-8-3-5-11-6-4-8;/h1-6H2,(H,9,10);. The summed E-state index contributed by atoms with van der Waals surface area (Å²) < 4.78 is 5.12. The van der Waals surface area contributed by atoms with Gasteiger partial charge in [-0.05, 0) is 0 Å². The van der Waals surface area contributed by atoms with Gasteiger partial charge in [0.15, 0.2) is 0 Å². The molecule has 5 heteroatoms. The van der Waals surface area contributed by atoms with Crippen LogP contribution in [0, 0.1) is 0 Å². The van der Waals surface area contributed by atoms with E-state index >= 15 is 0 Å². The van der Waals surface area contributed by atoms with Crippen molar-refractivity contribution >= 4 is 57.4 Å².